The number of rotatable bonds is 6. The molecule has 1 saturated heterocycles. The molecule has 29 heavy (non-hydrogen) atoms. The Morgan fingerprint density at radius 1 is 1.10 bits per heavy atom. The third kappa shape index (κ3) is 4.33. The molecule has 0 unspecified atom stereocenters. The van der Waals surface area contributed by atoms with Gasteiger partial charge >= 0.3 is 5.69 Å². The van der Waals surface area contributed by atoms with Gasteiger partial charge in [0.2, 0.25) is 0 Å². The molecule has 1 amide bonds. The van der Waals surface area contributed by atoms with Gasteiger partial charge in [-0.1, -0.05) is 0 Å². The van der Waals surface area contributed by atoms with Crippen molar-refractivity contribution in [3.8, 4) is 0 Å². The number of ether oxygens (including phenoxy) is 1. The van der Waals surface area contributed by atoms with Crippen molar-refractivity contribution in [1.29, 1.82) is 0 Å². The van der Waals surface area contributed by atoms with Crippen molar-refractivity contribution in [2.24, 2.45) is 0 Å². The fraction of sp³-hybridized carbons (Fsp3) is 0.263. The molecule has 152 valence electrons. The van der Waals surface area contributed by atoms with Crippen LogP contribution in [0.15, 0.2) is 52.2 Å². The van der Waals surface area contributed by atoms with E-state index >= 15 is 0 Å². The average Bonchev–Trinajstić information content (AvgIpc) is 3.34. The smallest absolute Gasteiger partial charge is 0.323 e. The third-order valence-electron chi connectivity index (χ3n) is 4.71. The molecule has 0 spiro atoms. The van der Waals surface area contributed by atoms with Gasteiger partial charge < -0.3 is 20.0 Å². The quantitative estimate of drug-likeness (QED) is 0.484. The molecule has 4 N–H and O–H groups in total. The molecule has 9 nitrogen and oxygen atoms in total. The summed E-state index contributed by atoms with van der Waals surface area (Å²) in [5.41, 5.74) is 1.26. The summed E-state index contributed by atoms with van der Waals surface area (Å²) >= 11 is 0. The SMILES string of the molecule is O=C(NC[C@@H]1CCCO1)c1ccc(NS(=O)(=O)c2ccc3[nH]c(=O)[nH]c3c2)cc1. The van der Waals surface area contributed by atoms with Crippen molar-refractivity contribution in [2.45, 2.75) is 23.8 Å². The first kappa shape index (κ1) is 19.2. The maximum atomic E-state index is 12.6. The molecule has 0 radical (unpaired) electrons. The van der Waals surface area contributed by atoms with E-state index in [1.54, 1.807) is 12.1 Å². The Bertz CT molecular complexity index is 1190. The monoisotopic (exact) mass is 416 g/mol. The van der Waals surface area contributed by atoms with Gasteiger partial charge in [-0.05, 0) is 55.3 Å². The lowest BCUT2D eigenvalue weighted by Crippen LogP contribution is -2.31. The Morgan fingerprint density at radius 2 is 1.86 bits per heavy atom. The van der Waals surface area contributed by atoms with Crippen molar-refractivity contribution >= 4 is 32.7 Å². The zero-order valence-corrected chi connectivity index (χ0v) is 16.2. The zero-order valence-electron chi connectivity index (χ0n) is 15.4. The highest BCUT2D eigenvalue weighted by atomic mass is 32.2. The second-order valence-corrected chi connectivity index (χ2v) is 8.50. The van der Waals surface area contributed by atoms with Crippen LogP contribution in [0.3, 0.4) is 0 Å². The molecule has 1 aliphatic rings. The van der Waals surface area contributed by atoms with Crippen molar-refractivity contribution in [3.63, 3.8) is 0 Å². The van der Waals surface area contributed by atoms with Crippen LogP contribution in [-0.2, 0) is 14.8 Å². The van der Waals surface area contributed by atoms with E-state index in [4.69, 9.17) is 4.74 Å². The summed E-state index contributed by atoms with van der Waals surface area (Å²) in [5, 5.41) is 2.82. The van der Waals surface area contributed by atoms with Crippen molar-refractivity contribution in [2.75, 3.05) is 17.9 Å². The van der Waals surface area contributed by atoms with Gasteiger partial charge in [-0.3, -0.25) is 9.52 Å². The van der Waals surface area contributed by atoms with Crippen molar-refractivity contribution in [3.05, 3.63) is 58.5 Å². The number of benzene rings is 2. The van der Waals surface area contributed by atoms with Crippen LogP contribution in [0.5, 0.6) is 0 Å². The van der Waals surface area contributed by atoms with Gasteiger partial charge in [0.25, 0.3) is 15.9 Å². The third-order valence-corrected chi connectivity index (χ3v) is 6.09. The molecule has 10 heteroatoms. The van der Waals surface area contributed by atoms with Gasteiger partial charge in [-0.25, -0.2) is 13.2 Å². The van der Waals surface area contributed by atoms with Crippen LogP contribution in [0.2, 0.25) is 0 Å². The first-order valence-corrected chi connectivity index (χ1v) is 10.6. The number of imidazole rings is 1. The van der Waals surface area contributed by atoms with Gasteiger partial charge in [-0.15, -0.1) is 0 Å². The number of fused-ring (bicyclic) bond motifs is 1. The normalized spacial score (nSPS) is 16.8. The van der Waals surface area contributed by atoms with Gasteiger partial charge in [0, 0.05) is 24.4 Å². The standard InChI is InChI=1S/C19H20N4O5S/c24-18(20-11-14-2-1-9-28-14)12-3-5-13(6-4-12)23-29(26,27)15-7-8-16-17(10-15)22-19(25)21-16/h3-8,10,14,23H,1-2,9,11H2,(H,20,24)(H2,21,22,25)/t14-/m0/s1. The van der Waals surface area contributed by atoms with Crippen LogP contribution in [0.25, 0.3) is 11.0 Å². The number of hydrogen-bond acceptors (Lipinski definition) is 5. The van der Waals surface area contributed by atoms with Crippen LogP contribution in [0.4, 0.5) is 5.69 Å². The first-order chi connectivity index (χ1) is 13.9. The van der Waals surface area contributed by atoms with Crippen LogP contribution in [-0.4, -0.2) is 43.5 Å². The van der Waals surface area contributed by atoms with Crippen LogP contribution in [0, 0.1) is 0 Å². The number of carbonyl (C=O) groups excluding carboxylic acids is 1. The Labute approximate surface area is 166 Å². The molecule has 1 aromatic heterocycles. The summed E-state index contributed by atoms with van der Waals surface area (Å²) in [7, 11) is -3.85. The minimum Gasteiger partial charge on any atom is -0.376 e. The van der Waals surface area contributed by atoms with Gasteiger partial charge in [0.1, 0.15) is 0 Å². The molecule has 4 rings (SSSR count). The maximum absolute atomic E-state index is 12.6. The fourth-order valence-electron chi connectivity index (χ4n) is 3.20. The number of hydrogen-bond donors (Lipinski definition) is 4. The Kier molecular flexibility index (Phi) is 5.12. The maximum Gasteiger partial charge on any atom is 0.323 e. The molecule has 3 aromatic rings. The van der Waals surface area contributed by atoms with Crippen LogP contribution >= 0.6 is 0 Å². The average molecular weight is 416 g/mol. The lowest BCUT2D eigenvalue weighted by Gasteiger charge is -2.11. The van der Waals surface area contributed by atoms with E-state index in [0.29, 0.717) is 28.8 Å². The van der Waals surface area contributed by atoms with E-state index in [1.807, 2.05) is 0 Å². The number of amides is 1. The van der Waals surface area contributed by atoms with Crippen LogP contribution < -0.4 is 15.7 Å². The van der Waals surface area contributed by atoms with E-state index in [1.165, 1.54) is 30.3 Å². The van der Waals surface area contributed by atoms with Crippen LogP contribution in [0.1, 0.15) is 23.2 Å². The number of nitrogens with one attached hydrogen (secondary N) is 4. The Morgan fingerprint density at radius 3 is 2.59 bits per heavy atom. The predicted octanol–water partition coefficient (Wildman–Crippen LogP) is 1.57. The molecule has 1 aliphatic heterocycles. The highest BCUT2D eigenvalue weighted by Crippen LogP contribution is 2.19. The topological polar surface area (TPSA) is 133 Å². The Balaban J connectivity index is 1.43. The number of sulfonamides is 1. The highest BCUT2D eigenvalue weighted by molar-refractivity contribution is 7.92. The predicted molar refractivity (Wildman–Crippen MR) is 107 cm³/mol. The van der Waals surface area contributed by atoms with E-state index < -0.39 is 15.7 Å². The minimum absolute atomic E-state index is 0.0126. The molecule has 2 heterocycles. The summed E-state index contributed by atoms with van der Waals surface area (Å²) < 4.78 is 33.2. The molecule has 0 saturated carbocycles. The van der Waals surface area contributed by atoms with Crippen molar-refractivity contribution in [1.82, 2.24) is 15.3 Å². The number of carbonyl (C=O) groups is 1. The number of aromatic nitrogens is 2. The second kappa shape index (κ2) is 7.72. The summed E-state index contributed by atoms with van der Waals surface area (Å²) in [6.07, 6.45) is 1.99. The summed E-state index contributed by atoms with van der Waals surface area (Å²) in [6.45, 7) is 1.18. The number of anilines is 1. The lowest BCUT2D eigenvalue weighted by atomic mass is 10.2. The summed E-state index contributed by atoms with van der Waals surface area (Å²) in [5.74, 6) is -0.239. The molecule has 0 bridgehead atoms. The van der Waals surface area contributed by atoms with Gasteiger partial charge in [-0.2, -0.15) is 0 Å². The lowest BCUT2D eigenvalue weighted by molar-refractivity contribution is 0.0858. The van der Waals surface area contributed by atoms with Gasteiger partial charge in [0.15, 0.2) is 0 Å². The first-order valence-electron chi connectivity index (χ1n) is 9.15. The molecule has 1 atom stereocenters. The summed E-state index contributed by atoms with van der Waals surface area (Å²) in [6, 6.07) is 10.4. The zero-order chi connectivity index (χ0) is 20.4. The molecule has 0 aliphatic carbocycles. The second-order valence-electron chi connectivity index (χ2n) is 6.81. The molecule has 2 aromatic carbocycles. The van der Waals surface area contributed by atoms with Gasteiger partial charge in [0.05, 0.1) is 22.0 Å². The molecular formula is C19H20N4O5S. The molecule has 1 fully saturated rings. The Hall–Kier alpha value is -3.11. The van der Waals surface area contributed by atoms with E-state index in [9.17, 15) is 18.0 Å². The van der Waals surface area contributed by atoms with E-state index in [0.717, 1.165) is 19.4 Å². The minimum atomic E-state index is -3.85. The van der Waals surface area contributed by atoms with Crippen molar-refractivity contribution < 1.29 is 17.9 Å². The number of aromatic amines is 2. The van der Waals surface area contributed by atoms with E-state index in [-0.39, 0.29) is 16.9 Å². The number of H-pyrrole nitrogens is 2. The highest BCUT2D eigenvalue weighted by Gasteiger charge is 2.18. The molecular weight excluding hydrogens is 396 g/mol. The summed E-state index contributed by atoms with van der Waals surface area (Å²) in [4.78, 5) is 28.6. The largest absolute Gasteiger partial charge is 0.376 e. The fourth-order valence-corrected chi connectivity index (χ4v) is 4.28. The van der Waals surface area contributed by atoms with E-state index in [2.05, 4.69) is 20.0 Å².